The van der Waals surface area contributed by atoms with Crippen LogP contribution in [0.5, 0.6) is 0 Å². The summed E-state index contributed by atoms with van der Waals surface area (Å²) in [6.07, 6.45) is 6.65. The number of hydrogen-bond donors (Lipinski definition) is 0. The Kier molecular flexibility index (Phi) is 7.07. The van der Waals surface area contributed by atoms with Gasteiger partial charge in [-0.15, -0.1) is 11.3 Å². The largest absolute Gasteiger partial charge is 0.340 e. The van der Waals surface area contributed by atoms with Gasteiger partial charge >= 0.3 is 0 Å². The van der Waals surface area contributed by atoms with Crippen LogP contribution >= 0.6 is 11.3 Å². The number of carbonyl (C=O) groups is 2. The third-order valence-corrected chi connectivity index (χ3v) is 8.76. The Balaban J connectivity index is 1.44. The van der Waals surface area contributed by atoms with Gasteiger partial charge in [-0.1, -0.05) is 57.4 Å². The second-order valence-corrected chi connectivity index (χ2v) is 11.5. The fraction of sp³-hybridized carbons (Fsp3) is 0.571. The van der Waals surface area contributed by atoms with Gasteiger partial charge in [-0.05, 0) is 41.8 Å². The summed E-state index contributed by atoms with van der Waals surface area (Å²) in [7, 11) is 0. The van der Waals surface area contributed by atoms with E-state index in [1.807, 2.05) is 35.2 Å². The first kappa shape index (κ1) is 23.6. The fourth-order valence-corrected chi connectivity index (χ4v) is 7.05. The zero-order chi connectivity index (χ0) is 23.7. The minimum Gasteiger partial charge on any atom is -0.340 e. The maximum Gasteiger partial charge on any atom is 0.254 e. The van der Waals surface area contributed by atoms with Crippen molar-refractivity contribution in [1.82, 2.24) is 14.7 Å². The molecule has 3 heterocycles. The third-order valence-electron chi connectivity index (χ3n) is 7.82. The zero-order valence-electron chi connectivity index (χ0n) is 20.5. The predicted octanol–water partition coefficient (Wildman–Crippen LogP) is 5.16. The fourth-order valence-electron chi connectivity index (χ4n) is 6.18. The number of amides is 2. The van der Waals surface area contributed by atoms with E-state index in [-0.39, 0.29) is 23.8 Å². The summed E-state index contributed by atoms with van der Waals surface area (Å²) in [5.74, 6) is 0.197. The van der Waals surface area contributed by atoms with E-state index in [9.17, 15) is 9.59 Å². The van der Waals surface area contributed by atoms with Gasteiger partial charge in [0.1, 0.15) is 0 Å². The molecule has 2 aliphatic heterocycles. The molecule has 2 fully saturated rings. The van der Waals surface area contributed by atoms with Gasteiger partial charge in [0.15, 0.2) is 0 Å². The average Bonchev–Trinajstić information content (AvgIpc) is 3.40. The first-order chi connectivity index (χ1) is 16.5. The molecule has 5 rings (SSSR count). The Labute approximate surface area is 207 Å². The lowest BCUT2D eigenvalue weighted by Gasteiger charge is -2.45. The number of rotatable bonds is 5. The summed E-state index contributed by atoms with van der Waals surface area (Å²) in [5, 5.41) is 2.05. The number of nitrogens with zero attached hydrogens (tertiary/aromatic N) is 3. The molecule has 5 nitrogen and oxygen atoms in total. The highest BCUT2D eigenvalue weighted by Gasteiger charge is 2.46. The van der Waals surface area contributed by atoms with Crippen molar-refractivity contribution in [2.75, 3.05) is 32.7 Å². The van der Waals surface area contributed by atoms with Crippen molar-refractivity contribution in [1.29, 1.82) is 0 Å². The van der Waals surface area contributed by atoms with Crippen LogP contribution in [0.2, 0.25) is 0 Å². The van der Waals surface area contributed by atoms with Gasteiger partial charge in [0, 0.05) is 49.2 Å². The molecule has 0 N–H and O–H groups in total. The van der Waals surface area contributed by atoms with Crippen LogP contribution in [0, 0.1) is 5.92 Å². The molecule has 6 heteroatoms. The van der Waals surface area contributed by atoms with Crippen LogP contribution in [0.1, 0.15) is 78.7 Å². The Morgan fingerprint density at radius 2 is 1.74 bits per heavy atom. The van der Waals surface area contributed by atoms with Gasteiger partial charge in [-0.2, -0.15) is 0 Å². The highest BCUT2D eigenvalue weighted by Crippen LogP contribution is 2.45. The van der Waals surface area contributed by atoms with Gasteiger partial charge in [-0.25, -0.2) is 0 Å². The Morgan fingerprint density at radius 1 is 1.00 bits per heavy atom. The summed E-state index contributed by atoms with van der Waals surface area (Å²) >= 11 is 1.65. The van der Waals surface area contributed by atoms with E-state index in [1.54, 1.807) is 11.3 Å². The highest BCUT2D eigenvalue weighted by atomic mass is 32.1. The van der Waals surface area contributed by atoms with Gasteiger partial charge in [0.2, 0.25) is 5.91 Å². The summed E-state index contributed by atoms with van der Waals surface area (Å²) in [6, 6.07) is 12.4. The normalized spacial score (nSPS) is 24.5. The SMILES string of the molecule is CC(C)CN1C(=O)c2ccccc2[C@@H](C(=O)N2CCN(C3CCCCC3)CC2)[C@@H]1c1cccs1. The second kappa shape index (κ2) is 10.2. The van der Waals surface area contributed by atoms with E-state index in [0.717, 1.165) is 36.6 Å². The van der Waals surface area contributed by atoms with Crippen molar-refractivity contribution in [3.8, 4) is 0 Å². The number of piperazine rings is 1. The molecule has 2 atom stereocenters. The van der Waals surface area contributed by atoms with Crippen molar-refractivity contribution < 1.29 is 9.59 Å². The zero-order valence-corrected chi connectivity index (χ0v) is 21.3. The van der Waals surface area contributed by atoms with Crippen LogP contribution < -0.4 is 0 Å². The van der Waals surface area contributed by atoms with E-state index in [1.165, 1.54) is 32.1 Å². The standard InChI is InChI=1S/C28H37N3O2S/c1-20(2)19-31-26(24-13-8-18-34-24)25(22-11-6-7-12-23(22)27(31)32)28(33)30-16-14-29(15-17-30)21-9-4-3-5-10-21/h6-8,11-13,18,20-21,25-26H,3-5,9-10,14-17,19H2,1-2H3/t25-,26+/m1/s1. The number of carbonyl (C=O) groups excluding carboxylic acids is 2. The van der Waals surface area contributed by atoms with Crippen molar-refractivity contribution in [2.45, 2.75) is 64.0 Å². The molecule has 0 bridgehead atoms. The van der Waals surface area contributed by atoms with E-state index >= 15 is 0 Å². The molecule has 1 aromatic heterocycles. The molecule has 1 saturated carbocycles. The molecular weight excluding hydrogens is 442 g/mol. The molecule has 1 aromatic carbocycles. The van der Waals surface area contributed by atoms with Gasteiger partial charge < -0.3 is 9.80 Å². The van der Waals surface area contributed by atoms with Crippen LogP contribution in [-0.2, 0) is 4.79 Å². The molecule has 2 aromatic rings. The van der Waals surface area contributed by atoms with Gasteiger partial charge in [-0.3, -0.25) is 14.5 Å². The van der Waals surface area contributed by atoms with Crippen LogP contribution in [-0.4, -0.2) is 65.3 Å². The van der Waals surface area contributed by atoms with Crippen LogP contribution in [0.25, 0.3) is 0 Å². The van der Waals surface area contributed by atoms with Crippen molar-refractivity contribution in [2.24, 2.45) is 5.92 Å². The number of benzene rings is 1. The number of fused-ring (bicyclic) bond motifs is 1. The molecular formula is C28H37N3O2S. The van der Waals surface area contributed by atoms with Crippen LogP contribution in [0.4, 0.5) is 0 Å². The summed E-state index contributed by atoms with van der Waals surface area (Å²) in [5.41, 5.74) is 1.58. The van der Waals surface area contributed by atoms with Crippen molar-refractivity contribution >= 4 is 23.2 Å². The number of hydrogen-bond acceptors (Lipinski definition) is 4. The van der Waals surface area contributed by atoms with E-state index in [0.29, 0.717) is 24.1 Å². The lowest BCUT2D eigenvalue weighted by Crippen LogP contribution is -2.55. The highest BCUT2D eigenvalue weighted by molar-refractivity contribution is 7.10. The van der Waals surface area contributed by atoms with E-state index in [2.05, 4.69) is 35.1 Å². The molecule has 0 unspecified atom stereocenters. The van der Waals surface area contributed by atoms with Crippen molar-refractivity contribution in [3.63, 3.8) is 0 Å². The minimum atomic E-state index is -0.354. The van der Waals surface area contributed by atoms with Crippen molar-refractivity contribution in [3.05, 3.63) is 57.8 Å². The lowest BCUT2D eigenvalue weighted by molar-refractivity contribution is -0.136. The molecule has 0 radical (unpaired) electrons. The molecule has 3 aliphatic rings. The van der Waals surface area contributed by atoms with E-state index < -0.39 is 0 Å². The predicted molar refractivity (Wildman–Crippen MR) is 137 cm³/mol. The minimum absolute atomic E-state index is 0.0499. The van der Waals surface area contributed by atoms with Gasteiger partial charge in [0.25, 0.3) is 5.91 Å². The van der Waals surface area contributed by atoms with E-state index in [4.69, 9.17) is 0 Å². The maximum absolute atomic E-state index is 14.2. The monoisotopic (exact) mass is 479 g/mol. The summed E-state index contributed by atoms with van der Waals surface area (Å²) in [6.45, 7) is 8.41. The molecule has 182 valence electrons. The molecule has 34 heavy (non-hydrogen) atoms. The summed E-state index contributed by atoms with van der Waals surface area (Å²) < 4.78 is 0. The average molecular weight is 480 g/mol. The maximum atomic E-state index is 14.2. The molecule has 1 saturated heterocycles. The molecule has 2 amide bonds. The molecule has 1 aliphatic carbocycles. The first-order valence-electron chi connectivity index (χ1n) is 13.0. The third kappa shape index (κ3) is 4.55. The van der Waals surface area contributed by atoms with Gasteiger partial charge in [0.05, 0.1) is 12.0 Å². The Hall–Kier alpha value is -2.18. The first-order valence-corrected chi connectivity index (χ1v) is 13.9. The number of thiophene rings is 1. The lowest BCUT2D eigenvalue weighted by atomic mass is 9.80. The topological polar surface area (TPSA) is 43.9 Å². The second-order valence-electron chi connectivity index (χ2n) is 10.5. The Morgan fingerprint density at radius 3 is 2.41 bits per heavy atom. The Bertz CT molecular complexity index is 991. The smallest absolute Gasteiger partial charge is 0.254 e. The quantitative estimate of drug-likeness (QED) is 0.595. The van der Waals surface area contributed by atoms with Crippen LogP contribution in [0.3, 0.4) is 0 Å². The van der Waals surface area contributed by atoms with Crippen LogP contribution in [0.15, 0.2) is 41.8 Å². The summed E-state index contributed by atoms with van der Waals surface area (Å²) in [4.78, 5) is 35.6. The molecule has 0 spiro atoms.